The highest BCUT2D eigenvalue weighted by molar-refractivity contribution is 7.16. The normalized spacial score (nSPS) is 11.8. The Balaban J connectivity index is 2.09. The number of rotatable bonds is 5. The summed E-state index contributed by atoms with van der Waals surface area (Å²) in [6.07, 6.45) is 0. The van der Waals surface area contributed by atoms with Crippen molar-refractivity contribution in [1.29, 1.82) is 0 Å². The third-order valence-electron chi connectivity index (χ3n) is 3.66. The van der Waals surface area contributed by atoms with Crippen molar-refractivity contribution >= 4 is 33.1 Å². The number of carbonyl (C=O) groups is 1. The minimum Gasteiger partial charge on any atom is -0.383 e. The molecule has 0 aliphatic carbocycles. The number of halogens is 1. The first-order chi connectivity index (χ1) is 12.5. The number of non-ortho nitro benzene ring substituents is 1. The van der Waals surface area contributed by atoms with E-state index in [2.05, 4.69) is 4.99 Å². The van der Waals surface area contributed by atoms with E-state index in [4.69, 9.17) is 4.74 Å². The van der Waals surface area contributed by atoms with Gasteiger partial charge in [0.25, 0.3) is 11.6 Å². The van der Waals surface area contributed by atoms with E-state index in [0.29, 0.717) is 22.7 Å². The molecule has 1 heterocycles. The van der Waals surface area contributed by atoms with Crippen molar-refractivity contribution in [3.63, 3.8) is 0 Å². The van der Waals surface area contributed by atoms with Gasteiger partial charge in [0.15, 0.2) is 4.80 Å². The van der Waals surface area contributed by atoms with Gasteiger partial charge < -0.3 is 9.30 Å². The summed E-state index contributed by atoms with van der Waals surface area (Å²) in [7, 11) is 1.56. The first kappa shape index (κ1) is 17.9. The van der Waals surface area contributed by atoms with Crippen LogP contribution in [0.25, 0.3) is 10.2 Å². The number of nitro groups is 1. The molecule has 0 saturated carbocycles. The maximum absolute atomic E-state index is 13.5. The van der Waals surface area contributed by atoms with Gasteiger partial charge in [0.2, 0.25) is 0 Å². The van der Waals surface area contributed by atoms with Gasteiger partial charge in [-0.2, -0.15) is 4.99 Å². The summed E-state index contributed by atoms with van der Waals surface area (Å²) in [5.41, 5.74) is 0.664. The fraction of sp³-hybridized carbons (Fsp3) is 0.176. The van der Waals surface area contributed by atoms with Crippen LogP contribution in [-0.2, 0) is 11.3 Å². The lowest BCUT2D eigenvalue weighted by Gasteiger charge is -2.04. The van der Waals surface area contributed by atoms with E-state index in [1.165, 1.54) is 47.7 Å². The Morgan fingerprint density at radius 3 is 2.88 bits per heavy atom. The minimum absolute atomic E-state index is 0.112. The van der Waals surface area contributed by atoms with Gasteiger partial charge in [0.1, 0.15) is 5.82 Å². The van der Waals surface area contributed by atoms with E-state index in [-0.39, 0.29) is 17.1 Å². The Labute approximate surface area is 151 Å². The van der Waals surface area contributed by atoms with Gasteiger partial charge in [-0.25, -0.2) is 4.39 Å². The second-order valence-corrected chi connectivity index (χ2v) is 6.37. The quantitative estimate of drug-likeness (QED) is 0.506. The molecule has 1 aromatic heterocycles. The Kier molecular flexibility index (Phi) is 5.19. The zero-order valence-electron chi connectivity index (χ0n) is 13.7. The van der Waals surface area contributed by atoms with E-state index in [1.807, 2.05) is 0 Å². The molecule has 3 aromatic rings. The van der Waals surface area contributed by atoms with Crippen molar-refractivity contribution in [1.82, 2.24) is 4.57 Å². The van der Waals surface area contributed by atoms with Gasteiger partial charge >= 0.3 is 0 Å². The van der Waals surface area contributed by atoms with Crippen molar-refractivity contribution in [2.24, 2.45) is 4.99 Å². The minimum atomic E-state index is -0.605. The highest BCUT2D eigenvalue weighted by atomic mass is 32.1. The van der Waals surface area contributed by atoms with Crippen LogP contribution in [0, 0.1) is 15.9 Å². The zero-order valence-corrected chi connectivity index (χ0v) is 14.5. The fourth-order valence-electron chi connectivity index (χ4n) is 2.43. The predicted molar refractivity (Wildman–Crippen MR) is 94.6 cm³/mol. The molecule has 0 radical (unpaired) electrons. The van der Waals surface area contributed by atoms with Crippen molar-refractivity contribution < 1.29 is 18.8 Å². The molecule has 0 aliphatic rings. The van der Waals surface area contributed by atoms with Crippen LogP contribution in [0.1, 0.15) is 10.4 Å². The van der Waals surface area contributed by atoms with Gasteiger partial charge in [-0.1, -0.05) is 17.4 Å². The number of benzene rings is 2. The van der Waals surface area contributed by atoms with Crippen LogP contribution < -0.4 is 4.80 Å². The topological polar surface area (TPSA) is 86.7 Å². The Hall–Kier alpha value is -2.91. The summed E-state index contributed by atoms with van der Waals surface area (Å²) >= 11 is 1.17. The van der Waals surface area contributed by atoms with Crippen LogP contribution in [-0.4, -0.2) is 29.1 Å². The van der Waals surface area contributed by atoms with Crippen molar-refractivity contribution in [2.45, 2.75) is 6.54 Å². The molecule has 0 unspecified atom stereocenters. The predicted octanol–water partition coefficient (Wildman–Crippen LogP) is 3.14. The largest absolute Gasteiger partial charge is 0.383 e. The number of nitro benzene ring substituents is 1. The van der Waals surface area contributed by atoms with Gasteiger partial charge in [0, 0.05) is 31.4 Å². The monoisotopic (exact) mass is 375 g/mol. The van der Waals surface area contributed by atoms with E-state index in [0.717, 1.165) is 5.52 Å². The van der Waals surface area contributed by atoms with Gasteiger partial charge in [0.05, 0.1) is 21.7 Å². The molecule has 0 atom stereocenters. The highest BCUT2D eigenvalue weighted by Gasteiger charge is 2.13. The number of ether oxygens (including phenoxy) is 1. The molecule has 7 nitrogen and oxygen atoms in total. The lowest BCUT2D eigenvalue weighted by Crippen LogP contribution is -2.19. The van der Waals surface area contributed by atoms with Crippen LogP contribution in [0.2, 0.25) is 0 Å². The molecule has 26 heavy (non-hydrogen) atoms. The van der Waals surface area contributed by atoms with Crippen LogP contribution in [0.5, 0.6) is 0 Å². The molecule has 3 rings (SSSR count). The lowest BCUT2D eigenvalue weighted by atomic mass is 10.2. The second-order valence-electron chi connectivity index (χ2n) is 5.37. The van der Waals surface area contributed by atoms with Gasteiger partial charge in [-0.3, -0.25) is 14.9 Å². The number of amides is 1. The molecule has 0 N–H and O–H groups in total. The molecule has 134 valence electrons. The summed E-state index contributed by atoms with van der Waals surface area (Å²) in [5.74, 6) is -0.985. The number of fused-ring (bicyclic) bond motifs is 1. The smallest absolute Gasteiger partial charge is 0.279 e. The summed E-state index contributed by atoms with van der Waals surface area (Å²) in [6.45, 7) is 0.824. The van der Waals surface area contributed by atoms with Crippen LogP contribution in [0.4, 0.5) is 10.1 Å². The third kappa shape index (κ3) is 3.68. The summed E-state index contributed by atoms with van der Waals surface area (Å²) < 4.78 is 21.0. The summed E-state index contributed by atoms with van der Waals surface area (Å²) in [4.78, 5) is 27.2. The van der Waals surface area contributed by atoms with E-state index < -0.39 is 10.8 Å². The summed E-state index contributed by atoms with van der Waals surface area (Å²) in [5, 5.41) is 10.9. The van der Waals surface area contributed by atoms with Crippen molar-refractivity contribution in [3.05, 3.63) is 68.8 Å². The molecule has 0 saturated heterocycles. The average Bonchev–Trinajstić information content (AvgIpc) is 2.95. The number of aromatic nitrogens is 1. The fourth-order valence-corrected chi connectivity index (χ4v) is 3.51. The number of methoxy groups -OCH3 is 1. The number of nitrogens with zero attached hydrogens (tertiary/aromatic N) is 3. The third-order valence-corrected chi connectivity index (χ3v) is 4.71. The SMILES string of the molecule is COCCn1c(=NC(=O)c2cccc([N+](=O)[O-])c2)sc2cc(F)ccc21. The molecular weight excluding hydrogens is 361 g/mol. The Morgan fingerprint density at radius 1 is 1.35 bits per heavy atom. The molecule has 1 amide bonds. The number of hydrogen-bond acceptors (Lipinski definition) is 5. The summed E-state index contributed by atoms with van der Waals surface area (Å²) in [6, 6.07) is 9.71. The number of thiazole rings is 1. The molecule has 0 spiro atoms. The van der Waals surface area contributed by atoms with Crippen LogP contribution in [0.3, 0.4) is 0 Å². The van der Waals surface area contributed by atoms with E-state index in [9.17, 15) is 19.3 Å². The second kappa shape index (κ2) is 7.54. The standard InChI is InChI=1S/C17H14FN3O4S/c1-25-8-7-20-14-6-5-12(18)10-15(14)26-17(20)19-16(22)11-3-2-4-13(9-11)21(23)24/h2-6,9-10H,7-8H2,1H3. The molecule has 0 bridgehead atoms. The molecule has 2 aromatic carbocycles. The van der Waals surface area contributed by atoms with Crippen LogP contribution >= 0.6 is 11.3 Å². The molecule has 0 fully saturated rings. The van der Waals surface area contributed by atoms with Crippen LogP contribution in [0.15, 0.2) is 47.5 Å². The first-order valence-corrected chi connectivity index (χ1v) is 8.42. The molecular formula is C17H14FN3O4S. The molecule has 9 heteroatoms. The zero-order chi connectivity index (χ0) is 18.7. The average molecular weight is 375 g/mol. The maximum Gasteiger partial charge on any atom is 0.279 e. The van der Waals surface area contributed by atoms with Crippen molar-refractivity contribution in [3.8, 4) is 0 Å². The molecule has 0 aliphatic heterocycles. The Bertz CT molecular complexity index is 1060. The lowest BCUT2D eigenvalue weighted by molar-refractivity contribution is -0.384. The van der Waals surface area contributed by atoms with E-state index in [1.54, 1.807) is 17.7 Å². The van der Waals surface area contributed by atoms with E-state index >= 15 is 0 Å². The first-order valence-electron chi connectivity index (χ1n) is 7.61. The van der Waals surface area contributed by atoms with Crippen molar-refractivity contribution in [2.75, 3.05) is 13.7 Å². The Morgan fingerprint density at radius 2 is 2.15 bits per heavy atom. The number of carbonyl (C=O) groups excluding carboxylic acids is 1. The number of hydrogen-bond donors (Lipinski definition) is 0. The van der Waals surface area contributed by atoms with Gasteiger partial charge in [-0.05, 0) is 24.3 Å². The maximum atomic E-state index is 13.5. The highest BCUT2D eigenvalue weighted by Crippen LogP contribution is 2.19. The van der Waals surface area contributed by atoms with Gasteiger partial charge in [-0.15, -0.1) is 0 Å².